The molecule has 7 atom stereocenters. The SMILES string of the molecule is CC(C)(C)c1cc(Cl)cc([C@H](CC(=O)O)CC(=O)CNC(=O)c2cccc(NC3=NCCN3)c2)c1.CC(C)(C)c1cc(Cl)cc([C@H](CC(=O)O)CC(=O)CNC(=O)c2cncc(NC3=NCC(O)CN3)c2)c1.[C-]#[N+]c1cc([C@H](CC)CC(=O)CNC(=O)c2cncc(NC3=NCC(F)CN3)c2)cc(C(C)(C)C)c1.[C-]#[N+]c1cc([C@H](CC)CC(=O)CNC(=O)c2cncc(NC3=NCC(F)CN3)c2)cc(C(C)(C)C)c1. The van der Waals surface area contributed by atoms with E-state index in [4.69, 9.17) is 36.3 Å². The number of pyridine rings is 3. The van der Waals surface area contributed by atoms with Gasteiger partial charge in [-0.2, -0.15) is 0 Å². The summed E-state index contributed by atoms with van der Waals surface area (Å²) in [5.74, 6) is -3.79. The molecule has 12 rings (SSSR count). The van der Waals surface area contributed by atoms with Crippen molar-refractivity contribution in [2.45, 2.75) is 212 Å². The van der Waals surface area contributed by atoms with Crippen LogP contribution in [0.1, 0.15) is 258 Å². The number of aromatic nitrogens is 3. The predicted octanol–water partition coefficient (Wildman–Crippen LogP) is 15.7. The minimum Gasteiger partial charge on any atom is -0.481 e. The summed E-state index contributed by atoms with van der Waals surface area (Å²) in [4.78, 5) is 161. The quantitative estimate of drug-likeness (QED) is 0.0167. The van der Waals surface area contributed by atoms with E-state index in [0.717, 1.165) is 52.8 Å². The van der Waals surface area contributed by atoms with Gasteiger partial charge in [0.1, 0.15) is 12.3 Å². The molecule has 0 saturated carbocycles. The lowest BCUT2D eigenvalue weighted by Crippen LogP contribution is -2.42. The highest BCUT2D eigenvalue weighted by Gasteiger charge is 2.30. The first-order chi connectivity index (χ1) is 68.1. The smallest absolute Gasteiger partial charge is 0.303 e. The first kappa shape index (κ1) is 113. The molecule has 4 aliphatic heterocycles. The average Bonchev–Trinajstić information content (AvgIpc) is 0.882. The lowest BCUT2D eigenvalue weighted by atomic mass is 9.82. The van der Waals surface area contributed by atoms with Crippen LogP contribution in [0, 0.1) is 13.1 Å². The van der Waals surface area contributed by atoms with Crippen LogP contribution in [0.4, 0.5) is 42.9 Å². The van der Waals surface area contributed by atoms with Crippen LogP contribution in [0.3, 0.4) is 0 Å². The molecule has 0 aliphatic carbocycles. The van der Waals surface area contributed by atoms with Gasteiger partial charge in [0, 0.05) is 90.5 Å². The van der Waals surface area contributed by atoms with Gasteiger partial charge in [0.15, 0.2) is 58.3 Å². The molecule has 4 amide bonds. The number of carbonyl (C=O) groups is 10. The first-order valence-electron chi connectivity index (χ1n) is 47.5. The van der Waals surface area contributed by atoms with Gasteiger partial charge in [-0.1, -0.05) is 197 Å². The molecule has 34 nitrogen and oxygen atoms in total. The molecule has 8 aromatic rings. The van der Waals surface area contributed by atoms with Crippen molar-refractivity contribution in [2.75, 3.05) is 99.8 Å². The molecule has 0 bridgehead atoms. The summed E-state index contributed by atoms with van der Waals surface area (Å²) in [5, 5.41) is 63.7. The number of benzene rings is 5. The van der Waals surface area contributed by atoms with Gasteiger partial charge in [0.25, 0.3) is 23.6 Å². The van der Waals surface area contributed by atoms with Crippen molar-refractivity contribution >= 4 is 140 Å². The van der Waals surface area contributed by atoms with Crippen molar-refractivity contribution in [3.8, 4) is 0 Å². The molecule has 38 heteroatoms. The second-order valence-electron chi connectivity index (χ2n) is 39.6. The monoisotopic (exact) mass is 2010 g/mol. The molecule has 5 aromatic carbocycles. The van der Waals surface area contributed by atoms with Gasteiger partial charge in [-0.25, -0.2) is 28.5 Å². The normalized spacial score (nSPS) is 15.7. The van der Waals surface area contributed by atoms with Crippen LogP contribution in [-0.4, -0.2) is 210 Å². The fourth-order valence-corrected chi connectivity index (χ4v) is 15.8. The van der Waals surface area contributed by atoms with Crippen LogP contribution >= 0.6 is 23.2 Å². The zero-order valence-electron chi connectivity index (χ0n) is 83.6. The van der Waals surface area contributed by atoms with E-state index in [1.807, 2.05) is 110 Å². The second-order valence-corrected chi connectivity index (χ2v) is 40.5. The number of aliphatic carboxylic acids is 2. The summed E-state index contributed by atoms with van der Waals surface area (Å²) in [6.07, 6.45) is 7.66. The van der Waals surface area contributed by atoms with Crippen molar-refractivity contribution in [1.82, 2.24) is 57.5 Å². The number of aliphatic hydroxyl groups excluding tert-OH is 1. The number of rotatable bonds is 34. The molecular weight excluding hydrogens is 1880 g/mol. The highest BCUT2D eigenvalue weighted by molar-refractivity contribution is 6.31. The summed E-state index contributed by atoms with van der Waals surface area (Å²) in [7, 11) is 0. The number of carboxylic acid groups (broad SMARTS) is 2. The number of guanidine groups is 4. The third-order valence-electron chi connectivity index (χ3n) is 23.5. The van der Waals surface area contributed by atoms with E-state index in [9.17, 15) is 72.0 Å². The molecule has 3 aromatic heterocycles. The zero-order chi connectivity index (χ0) is 105. The number of nitrogens with one attached hydrogen (secondary N) is 12. The molecule has 15 N–H and O–H groups in total. The Balaban J connectivity index is 0.000000214. The van der Waals surface area contributed by atoms with Gasteiger partial charge < -0.3 is 79.1 Å². The van der Waals surface area contributed by atoms with E-state index in [1.54, 1.807) is 48.5 Å². The standard InChI is InChI=1S/2C27H33FN6O2.C26H32ClN5O5.C26H31ClN4O4/c2*1-6-17(18-7-20(27(2,3)4)11-22(8-18)29-5)10-24(35)16-31-25(36)19-9-23(15-30-12-19)34-26-32-13-21(28)14-33-26;1-26(2,3)18-4-15(5-19(27)9-18)16(8-23(35)36)7-21(33)12-29-24(37)17-6-20(11-28-10-17)32-25-30-13-22(34)14-31-25;1-26(2,3)19-9-17(10-20(27)14-19)18(13-23(33)34)12-22(32)15-30-24(35)16-5-4-6-21(11-16)31-25-28-7-8-29-25/h2*7-9,11-12,15,17,21H,6,10,13-14,16H2,1-4H3,(H,31,36)(H2,32,33,34);4-6,9-11,16,22,34H,7-8,12-14H2,1-3H3,(H,29,37)(H,35,36)(H2,30,31,32);4-6,9-11,14,18H,7-8,12-13,15H2,1-3H3,(H,30,35)(H,33,34)(H2,28,29,31)/t2*17-;16-;18-/m1100/s1. The molecule has 764 valence electrons. The van der Waals surface area contributed by atoms with Crippen LogP contribution in [0.5, 0.6) is 0 Å². The van der Waals surface area contributed by atoms with Crippen LogP contribution in [0.15, 0.2) is 172 Å². The highest BCUT2D eigenvalue weighted by Crippen LogP contribution is 2.39. The fourth-order valence-electron chi connectivity index (χ4n) is 15.3. The van der Waals surface area contributed by atoms with Crippen molar-refractivity contribution < 1.29 is 72.0 Å². The van der Waals surface area contributed by atoms with Crippen molar-refractivity contribution in [3.05, 3.63) is 252 Å². The van der Waals surface area contributed by atoms with Gasteiger partial charge in [0.2, 0.25) is 0 Å². The van der Waals surface area contributed by atoms with Gasteiger partial charge in [-0.3, -0.25) is 72.9 Å². The molecule has 3 unspecified atom stereocenters. The number of carbonyl (C=O) groups excluding carboxylic acids is 8. The number of amides is 4. The van der Waals surface area contributed by atoms with Gasteiger partial charge in [0.05, 0.1) is 150 Å². The van der Waals surface area contributed by atoms with Gasteiger partial charge in [-0.05, 0) is 129 Å². The number of hydrogen-bond acceptors (Lipinski definition) is 26. The molecule has 0 spiro atoms. The second kappa shape index (κ2) is 53.0. The minimum atomic E-state index is -1.03. The Morgan fingerprint density at radius 3 is 1.03 bits per heavy atom. The van der Waals surface area contributed by atoms with E-state index in [2.05, 4.69) is 162 Å². The molecule has 4 aliphatic rings. The van der Waals surface area contributed by atoms with E-state index >= 15 is 0 Å². The molecule has 0 radical (unpaired) electrons. The Morgan fingerprint density at radius 2 is 0.715 bits per heavy atom. The number of nitrogens with zero attached hydrogens (tertiary/aromatic N) is 9. The summed E-state index contributed by atoms with van der Waals surface area (Å²) in [6, 6.07) is 34.2. The number of aliphatic imine (C=N–C) groups is 4. The lowest BCUT2D eigenvalue weighted by molar-refractivity contribution is -0.138. The average molecular weight is 2010 g/mol. The number of carboxylic acids is 2. The fraction of sp³-hybridized carbons (Fsp3) is 0.425. The number of hydrogen-bond donors (Lipinski definition) is 15. The lowest BCUT2D eigenvalue weighted by Gasteiger charge is -2.23. The topological polar surface area (TPSA) is 473 Å². The van der Waals surface area contributed by atoms with E-state index in [1.165, 1.54) is 37.2 Å². The molecule has 7 heterocycles. The summed E-state index contributed by atoms with van der Waals surface area (Å²) < 4.78 is 26.4. The molecule has 0 saturated heterocycles. The zero-order valence-corrected chi connectivity index (χ0v) is 85.1. The van der Waals surface area contributed by atoms with Gasteiger partial charge in [-0.15, -0.1) is 0 Å². The summed E-state index contributed by atoms with van der Waals surface area (Å²) in [5.41, 5.74) is 11.3. The largest absolute Gasteiger partial charge is 0.481 e. The van der Waals surface area contributed by atoms with Crippen molar-refractivity contribution in [2.24, 2.45) is 20.0 Å². The predicted molar refractivity (Wildman–Crippen MR) is 558 cm³/mol. The number of Topliss-reactive ketones (excluding diaryl/α,β-unsaturated/α-hetero) is 4. The number of anilines is 4. The van der Waals surface area contributed by atoms with E-state index in [0.29, 0.717) is 109 Å². The van der Waals surface area contributed by atoms with Crippen LogP contribution < -0.4 is 63.8 Å². The van der Waals surface area contributed by atoms with Crippen LogP contribution in [0.2, 0.25) is 10.0 Å². The Morgan fingerprint density at radius 1 is 0.396 bits per heavy atom. The van der Waals surface area contributed by atoms with E-state index < -0.39 is 65.9 Å². The Labute approximate surface area is 848 Å². The van der Waals surface area contributed by atoms with Crippen LogP contribution in [-0.2, 0) is 50.4 Å². The molecular formula is C106H129Cl2F2N21O13. The van der Waals surface area contributed by atoms with Gasteiger partial charge >= 0.3 is 11.9 Å². The van der Waals surface area contributed by atoms with Crippen LogP contribution in [0.25, 0.3) is 9.69 Å². The maximum Gasteiger partial charge on any atom is 0.303 e. The number of ketones is 4. The highest BCUT2D eigenvalue weighted by atomic mass is 35.5. The summed E-state index contributed by atoms with van der Waals surface area (Å²) in [6.45, 7) is 45.6. The Bertz CT molecular complexity index is 5990. The molecule has 0 fully saturated rings. The maximum atomic E-state index is 13.2. The maximum absolute atomic E-state index is 13.2. The minimum absolute atomic E-state index is 0.0242. The first-order valence-corrected chi connectivity index (χ1v) is 48.3. The Hall–Kier alpha value is -14.5. The number of alkyl halides is 2. The molecule has 144 heavy (non-hydrogen) atoms. The summed E-state index contributed by atoms with van der Waals surface area (Å²) >= 11 is 12.6. The Kier molecular flexibility index (Phi) is 41.6. The number of β-amino-alcohol motifs (C(OH)–C–C–N with tert-alkyl or cyclic N) is 1. The van der Waals surface area contributed by atoms with E-state index in [-0.39, 0.29) is 160 Å². The van der Waals surface area contributed by atoms with Crippen molar-refractivity contribution in [3.63, 3.8) is 0 Å². The third kappa shape index (κ3) is 37.1. The number of aliphatic hydroxyl groups is 1. The number of halogens is 4. The third-order valence-corrected chi connectivity index (χ3v) is 24.0. The van der Waals surface area contributed by atoms with Crippen molar-refractivity contribution in [1.29, 1.82) is 0 Å².